The maximum Gasteiger partial charge on any atom is 0.231 e. The summed E-state index contributed by atoms with van der Waals surface area (Å²) in [6, 6.07) is 5.74. The molecule has 0 bridgehead atoms. The number of carbonyl (C=O) groups excluding carboxylic acids is 1. The van der Waals surface area contributed by atoms with E-state index in [2.05, 4.69) is 25.9 Å². The van der Waals surface area contributed by atoms with E-state index in [1.165, 1.54) is 4.90 Å². The Morgan fingerprint density at radius 1 is 1.53 bits per heavy atom. The fraction of sp³-hybridized carbons (Fsp3) is 0.364. The largest absolute Gasteiger partial charge is 0.369 e. The van der Waals surface area contributed by atoms with Gasteiger partial charge in [-0.1, -0.05) is 6.07 Å². The fourth-order valence-electron chi connectivity index (χ4n) is 1.22. The number of aromatic nitrogens is 1. The highest BCUT2D eigenvalue weighted by atomic mass is 79.9. The highest BCUT2D eigenvalue weighted by Crippen LogP contribution is 2.06. The van der Waals surface area contributed by atoms with Crippen molar-refractivity contribution in [1.82, 2.24) is 9.88 Å². The molecule has 2 rings (SSSR count). The number of pyridine rings is 1. The summed E-state index contributed by atoms with van der Waals surface area (Å²) >= 11 is 3.20. The van der Waals surface area contributed by atoms with Crippen LogP contribution in [0, 0.1) is 0 Å². The summed E-state index contributed by atoms with van der Waals surface area (Å²) in [6.45, 7) is 1.87. The molecule has 0 fully saturated rings. The van der Waals surface area contributed by atoms with Gasteiger partial charge < -0.3 is 5.73 Å². The Hall–Kier alpha value is -1.43. The lowest BCUT2D eigenvalue weighted by Gasteiger charge is -2.23. The van der Waals surface area contributed by atoms with E-state index >= 15 is 0 Å². The van der Waals surface area contributed by atoms with Gasteiger partial charge in [0.05, 0.1) is 6.04 Å². The van der Waals surface area contributed by atoms with E-state index in [-0.39, 0.29) is 11.9 Å². The Morgan fingerprint density at radius 2 is 2.24 bits per heavy atom. The second kappa shape index (κ2) is 6.34. The molecular weight excluding hydrogens is 284 g/mol. The van der Waals surface area contributed by atoms with Gasteiger partial charge in [-0.25, -0.2) is 9.98 Å². The van der Waals surface area contributed by atoms with Crippen LogP contribution in [0.25, 0.3) is 0 Å². The number of rotatable bonds is 0. The van der Waals surface area contributed by atoms with Crippen LogP contribution in [0.5, 0.6) is 0 Å². The van der Waals surface area contributed by atoms with Crippen LogP contribution in [0.4, 0.5) is 0 Å². The maximum atomic E-state index is 11.0. The van der Waals surface area contributed by atoms with Crippen molar-refractivity contribution in [1.29, 1.82) is 0 Å². The van der Waals surface area contributed by atoms with Crippen LogP contribution in [0.15, 0.2) is 34.0 Å². The number of nitrogens with two attached hydrogens (primary N) is 1. The van der Waals surface area contributed by atoms with Crippen molar-refractivity contribution >= 4 is 27.8 Å². The van der Waals surface area contributed by atoms with Gasteiger partial charge in [0.2, 0.25) is 5.91 Å². The van der Waals surface area contributed by atoms with Crippen molar-refractivity contribution in [2.24, 2.45) is 10.7 Å². The minimum absolute atomic E-state index is 0.0417. The summed E-state index contributed by atoms with van der Waals surface area (Å²) < 4.78 is 0.884. The molecule has 1 aromatic rings. The Labute approximate surface area is 109 Å². The van der Waals surface area contributed by atoms with Gasteiger partial charge in [0.15, 0.2) is 5.96 Å². The standard InChI is InChI=1S/C6H11N3O.C5H4BrN/c1-4-3-5(10)9(2)6(7)8-4;6-5-3-1-2-4-7-5/h4H,3H2,1-2H3,(H2,7,8);1-4H. The van der Waals surface area contributed by atoms with Crippen LogP contribution in [0.2, 0.25) is 0 Å². The fourth-order valence-corrected chi connectivity index (χ4v) is 1.49. The zero-order valence-corrected chi connectivity index (χ0v) is 11.4. The lowest BCUT2D eigenvalue weighted by Crippen LogP contribution is -2.44. The lowest BCUT2D eigenvalue weighted by atomic mass is 10.2. The first-order chi connectivity index (χ1) is 8.00. The number of hydrogen-bond donors (Lipinski definition) is 1. The second-order valence-electron chi connectivity index (χ2n) is 3.65. The predicted molar refractivity (Wildman–Crippen MR) is 70.4 cm³/mol. The van der Waals surface area contributed by atoms with Crippen molar-refractivity contribution in [2.45, 2.75) is 19.4 Å². The van der Waals surface area contributed by atoms with E-state index in [1.54, 1.807) is 13.2 Å². The summed E-state index contributed by atoms with van der Waals surface area (Å²) in [5.41, 5.74) is 5.41. The van der Waals surface area contributed by atoms with Crippen molar-refractivity contribution in [3.8, 4) is 0 Å². The van der Waals surface area contributed by atoms with E-state index in [0.29, 0.717) is 12.4 Å². The first kappa shape index (κ1) is 13.6. The van der Waals surface area contributed by atoms with Crippen molar-refractivity contribution in [3.05, 3.63) is 29.0 Å². The molecule has 0 aliphatic carbocycles. The topological polar surface area (TPSA) is 71.6 Å². The molecule has 17 heavy (non-hydrogen) atoms. The van der Waals surface area contributed by atoms with Crippen LogP contribution in [0.1, 0.15) is 13.3 Å². The lowest BCUT2D eigenvalue weighted by molar-refractivity contribution is -0.127. The van der Waals surface area contributed by atoms with E-state index in [9.17, 15) is 4.79 Å². The highest BCUT2D eigenvalue weighted by molar-refractivity contribution is 9.10. The van der Waals surface area contributed by atoms with Crippen LogP contribution >= 0.6 is 15.9 Å². The van der Waals surface area contributed by atoms with Gasteiger partial charge in [0.25, 0.3) is 0 Å². The molecule has 2 N–H and O–H groups in total. The minimum Gasteiger partial charge on any atom is -0.369 e. The quantitative estimate of drug-likeness (QED) is 0.736. The molecule has 0 saturated carbocycles. The summed E-state index contributed by atoms with van der Waals surface area (Å²) in [5.74, 6) is 0.365. The zero-order chi connectivity index (χ0) is 12.8. The first-order valence-electron chi connectivity index (χ1n) is 5.17. The predicted octanol–water partition coefficient (Wildman–Crippen LogP) is 1.40. The molecular formula is C11H15BrN4O. The molecule has 1 unspecified atom stereocenters. The molecule has 0 radical (unpaired) electrons. The molecule has 1 aliphatic rings. The monoisotopic (exact) mass is 298 g/mol. The molecule has 92 valence electrons. The van der Waals surface area contributed by atoms with E-state index < -0.39 is 0 Å². The molecule has 5 nitrogen and oxygen atoms in total. The molecule has 1 atom stereocenters. The van der Waals surface area contributed by atoms with Crippen LogP contribution in [-0.2, 0) is 4.79 Å². The van der Waals surface area contributed by atoms with Gasteiger partial charge in [-0.3, -0.25) is 9.69 Å². The molecule has 2 heterocycles. The SMILES string of the molecule is Brc1ccccn1.CC1CC(=O)N(C)C(N)=N1. The number of amides is 1. The smallest absolute Gasteiger partial charge is 0.231 e. The number of halogens is 1. The van der Waals surface area contributed by atoms with E-state index in [0.717, 1.165) is 4.60 Å². The van der Waals surface area contributed by atoms with Gasteiger partial charge >= 0.3 is 0 Å². The second-order valence-corrected chi connectivity index (χ2v) is 4.46. The Kier molecular flexibility index (Phi) is 5.09. The number of hydrogen-bond acceptors (Lipinski definition) is 4. The van der Waals surface area contributed by atoms with Gasteiger partial charge in [-0.15, -0.1) is 0 Å². The molecule has 0 saturated heterocycles. The van der Waals surface area contributed by atoms with Gasteiger partial charge in [0.1, 0.15) is 4.60 Å². The number of nitrogens with zero attached hydrogens (tertiary/aromatic N) is 3. The van der Waals surface area contributed by atoms with Gasteiger partial charge in [-0.2, -0.15) is 0 Å². The van der Waals surface area contributed by atoms with Crippen LogP contribution < -0.4 is 5.73 Å². The summed E-state index contributed by atoms with van der Waals surface area (Å²) in [6.07, 6.45) is 2.21. The Bertz CT molecular complexity index is 407. The average Bonchev–Trinajstić information content (AvgIpc) is 2.27. The van der Waals surface area contributed by atoms with Crippen molar-refractivity contribution in [3.63, 3.8) is 0 Å². The van der Waals surface area contributed by atoms with Crippen LogP contribution in [0.3, 0.4) is 0 Å². The molecule has 1 aromatic heterocycles. The molecule has 6 heteroatoms. The number of carbonyl (C=O) groups is 1. The average molecular weight is 299 g/mol. The minimum atomic E-state index is 0.0417. The third-order valence-corrected chi connectivity index (χ3v) is 2.64. The van der Waals surface area contributed by atoms with Gasteiger partial charge in [-0.05, 0) is 35.0 Å². The molecule has 1 amide bonds. The molecule has 0 spiro atoms. The Morgan fingerprint density at radius 3 is 2.65 bits per heavy atom. The Balaban J connectivity index is 0.000000181. The van der Waals surface area contributed by atoms with Crippen molar-refractivity contribution < 1.29 is 4.79 Å². The third-order valence-electron chi connectivity index (χ3n) is 2.17. The summed E-state index contributed by atoms with van der Waals surface area (Å²) in [5, 5.41) is 0. The number of guanidine groups is 1. The molecule has 1 aliphatic heterocycles. The number of aliphatic imine (C=N–C) groups is 1. The first-order valence-corrected chi connectivity index (χ1v) is 5.96. The van der Waals surface area contributed by atoms with Crippen molar-refractivity contribution in [2.75, 3.05) is 7.05 Å². The zero-order valence-electron chi connectivity index (χ0n) is 9.80. The highest BCUT2D eigenvalue weighted by Gasteiger charge is 2.20. The molecule has 0 aromatic carbocycles. The van der Waals surface area contributed by atoms with E-state index in [1.807, 2.05) is 25.1 Å². The van der Waals surface area contributed by atoms with Gasteiger partial charge in [0, 0.05) is 19.7 Å². The third kappa shape index (κ3) is 4.52. The van der Waals surface area contributed by atoms with E-state index in [4.69, 9.17) is 5.73 Å². The summed E-state index contributed by atoms with van der Waals surface area (Å²) in [4.78, 5) is 20.3. The maximum absolute atomic E-state index is 11.0. The normalized spacial score (nSPS) is 19.2. The summed E-state index contributed by atoms with van der Waals surface area (Å²) in [7, 11) is 1.63. The van der Waals surface area contributed by atoms with Crippen LogP contribution in [-0.4, -0.2) is 34.8 Å².